The molecule has 3 rings (SSSR count). The van der Waals surface area contributed by atoms with Crippen LogP contribution in [-0.4, -0.2) is 57.4 Å². The number of carbonyl (C=O) groups is 1. The Bertz CT molecular complexity index is 1020. The van der Waals surface area contributed by atoms with E-state index in [0.717, 1.165) is 10.4 Å². The van der Waals surface area contributed by atoms with Gasteiger partial charge < -0.3 is 29.4 Å². The highest BCUT2D eigenvalue weighted by Crippen LogP contribution is 2.25. The van der Waals surface area contributed by atoms with Crippen molar-refractivity contribution in [3.8, 4) is 11.5 Å². The summed E-state index contributed by atoms with van der Waals surface area (Å²) < 4.78 is 21.6. The lowest BCUT2D eigenvalue weighted by Crippen LogP contribution is -2.38. The third kappa shape index (κ3) is 8.00. The number of benzene rings is 2. The summed E-state index contributed by atoms with van der Waals surface area (Å²) >= 11 is 1.47. The van der Waals surface area contributed by atoms with Crippen LogP contribution in [0.2, 0.25) is 0 Å². The molecule has 2 N–H and O–H groups in total. The van der Waals surface area contributed by atoms with E-state index in [9.17, 15) is 9.90 Å². The molecule has 0 saturated carbocycles. The average Bonchev–Trinajstić information content (AvgIpc) is 3.41. The Morgan fingerprint density at radius 1 is 1.00 bits per heavy atom. The number of hydrogen-bond donors (Lipinski definition) is 2. The van der Waals surface area contributed by atoms with Crippen LogP contribution in [0.25, 0.3) is 11.6 Å². The van der Waals surface area contributed by atoms with Crippen LogP contribution in [-0.2, 0) is 14.3 Å². The van der Waals surface area contributed by atoms with Gasteiger partial charge in [-0.1, -0.05) is 36.4 Å². The highest BCUT2D eigenvalue weighted by Gasteiger charge is 2.14. The standard InChI is InChI=1S/C26H29NO6S/c1-30-25(33-22-7-4-3-5-8-22)17-27-16-20(28)18-32-21-12-10-19(11-13-21)15-23(26(29)31-2)24-9-6-14-34-24/h3-15,20,25,27-28H,16-18H2,1-2H3. The number of methoxy groups -OCH3 is 2. The smallest absolute Gasteiger partial charge is 0.339 e. The fourth-order valence-corrected chi connectivity index (χ4v) is 3.77. The molecule has 0 spiro atoms. The van der Waals surface area contributed by atoms with Crippen molar-refractivity contribution in [2.24, 2.45) is 0 Å². The molecule has 2 unspecified atom stereocenters. The predicted octanol–water partition coefficient (Wildman–Crippen LogP) is 3.84. The second-order valence-corrected chi connectivity index (χ2v) is 8.26. The number of aliphatic hydroxyl groups is 1. The maximum Gasteiger partial charge on any atom is 0.339 e. The molecule has 2 atom stereocenters. The Kier molecular flexibility index (Phi) is 10.1. The third-order valence-corrected chi connectivity index (χ3v) is 5.69. The Morgan fingerprint density at radius 2 is 1.76 bits per heavy atom. The molecule has 8 heteroatoms. The zero-order valence-corrected chi connectivity index (χ0v) is 20.0. The summed E-state index contributed by atoms with van der Waals surface area (Å²) in [5.41, 5.74) is 1.34. The first-order valence-corrected chi connectivity index (χ1v) is 11.7. The second kappa shape index (κ2) is 13.5. The molecule has 0 radical (unpaired) electrons. The van der Waals surface area contributed by atoms with Gasteiger partial charge in [0.2, 0.25) is 6.29 Å². The van der Waals surface area contributed by atoms with Gasteiger partial charge in [0.25, 0.3) is 0 Å². The summed E-state index contributed by atoms with van der Waals surface area (Å²) in [7, 11) is 2.94. The van der Waals surface area contributed by atoms with Crippen LogP contribution in [0, 0.1) is 0 Å². The molecule has 34 heavy (non-hydrogen) atoms. The Hall–Kier alpha value is -3.17. The molecule has 0 fully saturated rings. The first-order valence-electron chi connectivity index (χ1n) is 10.8. The quantitative estimate of drug-likeness (QED) is 0.217. The number of esters is 1. The van der Waals surface area contributed by atoms with E-state index in [0.29, 0.717) is 30.2 Å². The molecule has 0 aliphatic rings. The van der Waals surface area contributed by atoms with Crippen molar-refractivity contribution in [1.29, 1.82) is 0 Å². The normalized spacial score (nSPS) is 13.2. The van der Waals surface area contributed by atoms with E-state index in [4.69, 9.17) is 18.9 Å². The number of para-hydroxylation sites is 1. The SMILES string of the molecule is COC(=O)C(=Cc1ccc(OCC(O)CNCC(OC)Oc2ccccc2)cc1)c1cccs1. The minimum atomic E-state index is -0.710. The fraction of sp³-hybridized carbons (Fsp3) is 0.269. The van der Waals surface area contributed by atoms with E-state index in [2.05, 4.69) is 5.32 Å². The van der Waals surface area contributed by atoms with Crippen molar-refractivity contribution in [2.75, 3.05) is 33.9 Å². The number of aliphatic hydroxyl groups excluding tert-OH is 1. The molecule has 0 aliphatic carbocycles. The number of nitrogens with one attached hydrogen (secondary N) is 1. The molecule has 7 nitrogen and oxygen atoms in total. The Balaban J connectivity index is 1.45. The van der Waals surface area contributed by atoms with E-state index >= 15 is 0 Å². The largest absolute Gasteiger partial charge is 0.491 e. The van der Waals surface area contributed by atoms with Gasteiger partial charge in [0.05, 0.1) is 19.2 Å². The van der Waals surface area contributed by atoms with Gasteiger partial charge in [-0.05, 0) is 47.4 Å². The van der Waals surface area contributed by atoms with Gasteiger partial charge in [-0.15, -0.1) is 11.3 Å². The van der Waals surface area contributed by atoms with Crippen LogP contribution in [0.5, 0.6) is 11.5 Å². The van der Waals surface area contributed by atoms with Crippen LogP contribution in [0.4, 0.5) is 0 Å². The molecule has 0 saturated heterocycles. The Labute approximate surface area is 203 Å². The van der Waals surface area contributed by atoms with Crippen LogP contribution in [0.15, 0.2) is 72.1 Å². The molecule has 3 aromatic rings. The molecular formula is C26H29NO6S. The van der Waals surface area contributed by atoms with E-state index < -0.39 is 12.4 Å². The van der Waals surface area contributed by atoms with Crippen molar-refractivity contribution in [1.82, 2.24) is 5.32 Å². The van der Waals surface area contributed by atoms with Gasteiger partial charge >= 0.3 is 5.97 Å². The Morgan fingerprint density at radius 3 is 2.41 bits per heavy atom. The van der Waals surface area contributed by atoms with E-state index in [-0.39, 0.29) is 12.6 Å². The van der Waals surface area contributed by atoms with E-state index in [1.165, 1.54) is 18.4 Å². The summed E-state index contributed by atoms with van der Waals surface area (Å²) in [4.78, 5) is 13.0. The fourth-order valence-electron chi connectivity index (χ4n) is 3.04. The molecule has 1 heterocycles. The lowest BCUT2D eigenvalue weighted by molar-refractivity contribution is -0.133. The monoisotopic (exact) mass is 483 g/mol. The van der Waals surface area contributed by atoms with Gasteiger partial charge in [-0.25, -0.2) is 4.79 Å². The van der Waals surface area contributed by atoms with Gasteiger partial charge in [0.15, 0.2) is 0 Å². The van der Waals surface area contributed by atoms with Gasteiger partial charge in [-0.3, -0.25) is 0 Å². The van der Waals surface area contributed by atoms with Crippen molar-refractivity contribution >= 4 is 29.0 Å². The lowest BCUT2D eigenvalue weighted by Gasteiger charge is -2.19. The maximum atomic E-state index is 12.1. The van der Waals surface area contributed by atoms with Gasteiger partial charge in [-0.2, -0.15) is 0 Å². The summed E-state index contributed by atoms with van der Waals surface area (Å²) in [6, 6.07) is 20.5. The molecular weight excluding hydrogens is 454 g/mol. The van der Waals surface area contributed by atoms with Crippen LogP contribution in [0.1, 0.15) is 10.4 Å². The topological polar surface area (TPSA) is 86.3 Å². The highest BCUT2D eigenvalue weighted by molar-refractivity contribution is 7.11. The van der Waals surface area contributed by atoms with Crippen molar-refractivity contribution in [3.05, 3.63) is 82.6 Å². The first-order chi connectivity index (χ1) is 16.6. The maximum absolute atomic E-state index is 12.1. The molecule has 0 amide bonds. The molecule has 0 bridgehead atoms. The van der Waals surface area contributed by atoms with E-state index in [1.807, 2.05) is 60.0 Å². The summed E-state index contributed by atoms with van der Waals surface area (Å²) in [5, 5.41) is 15.3. The molecule has 1 aromatic heterocycles. The predicted molar refractivity (Wildman–Crippen MR) is 133 cm³/mol. The number of carbonyl (C=O) groups excluding carboxylic acids is 1. The number of ether oxygens (including phenoxy) is 4. The second-order valence-electron chi connectivity index (χ2n) is 7.32. The minimum absolute atomic E-state index is 0.127. The highest BCUT2D eigenvalue weighted by atomic mass is 32.1. The van der Waals surface area contributed by atoms with Crippen molar-refractivity contribution in [3.63, 3.8) is 0 Å². The third-order valence-electron chi connectivity index (χ3n) is 4.79. The minimum Gasteiger partial charge on any atom is -0.491 e. The number of rotatable bonds is 13. The molecule has 180 valence electrons. The first kappa shape index (κ1) is 25.5. The van der Waals surface area contributed by atoms with Crippen molar-refractivity contribution < 1.29 is 28.8 Å². The van der Waals surface area contributed by atoms with Crippen LogP contribution < -0.4 is 14.8 Å². The van der Waals surface area contributed by atoms with Crippen LogP contribution in [0.3, 0.4) is 0 Å². The number of thiophene rings is 1. The average molecular weight is 484 g/mol. The van der Waals surface area contributed by atoms with Gasteiger partial charge in [0, 0.05) is 18.5 Å². The number of hydrogen-bond acceptors (Lipinski definition) is 8. The molecule has 0 aliphatic heterocycles. The summed E-state index contributed by atoms with van der Waals surface area (Å²) in [6.45, 7) is 0.861. The molecule has 2 aromatic carbocycles. The summed E-state index contributed by atoms with van der Waals surface area (Å²) in [6.07, 6.45) is 0.600. The zero-order chi connectivity index (χ0) is 24.2. The van der Waals surface area contributed by atoms with Crippen LogP contribution >= 0.6 is 11.3 Å². The summed E-state index contributed by atoms with van der Waals surface area (Å²) in [5.74, 6) is 0.949. The van der Waals surface area contributed by atoms with Gasteiger partial charge in [0.1, 0.15) is 24.2 Å². The van der Waals surface area contributed by atoms with E-state index in [1.54, 1.807) is 25.3 Å². The lowest BCUT2D eigenvalue weighted by atomic mass is 10.1. The zero-order valence-electron chi connectivity index (χ0n) is 19.2. The van der Waals surface area contributed by atoms with Crippen molar-refractivity contribution in [2.45, 2.75) is 12.4 Å².